The first kappa shape index (κ1) is 11.0. The smallest absolute Gasteiger partial charge is 0.125 e. The van der Waals surface area contributed by atoms with E-state index in [1.807, 2.05) is 45.0 Å². The summed E-state index contributed by atoms with van der Waals surface area (Å²) in [5.74, 6) is 0.316. The average Bonchev–Trinajstić information content (AvgIpc) is 2.35. The second kappa shape index (κ2) is 3.70. The van der Waals surface area contributed by atoms with Gasteiger partial charge in [-0.25, -0.2) is 0 Å². The van der Waals surface area contributed by atoms with Gasteiger partial charge >= 0.3 is 0 Å². The maximum absolute atomic E-state index is 10.2. The van der Waals surface area contributed by atoms with Gasteiger partial charge in [0, 0.05) is 16.5 Å². The zero-order chi connectivity index (χ0) is 12.9. The normalized spacial score (nSPS) is 11.3. The van der Waals surface area contributed by atoms with Crippen LogP contribution in [-0.4, -0.2) is 10.1 Å². The third kappa shape index (κ3) is 1.39. The van der Waals surface area contributed by atoms with Crippen LogP contribution in [0.15, 0.2) is 30.3 Å². The first-order chi connectivity index (χ1) is 8.59. The standard InChI is InChI=1S/C16H15NO/c1-9-10(2)15-14(18)8-12-6-4-5-7-13(12)16(15)17-11(9)3/h4-8,18H,1-3H3. The molecule has 0 saturated carbocycles. The van der Waals surface area contributed by atoms with Gasteiger partial charge in [0.05, 0.1) is 5.52 Å². The third-order valence-electron chi connectivity index (χ3n) is 3.76. The Hall–Kier alpha value is -2.09. The highest BCUT2D eigenvalue weighted by Crippen LogP contribution is 2.35. The van der Waals surface area contributed by atoms with Crippen molar-refractivity contribution in [2.24, 2.45) is 0 Å². The fraction of sp³-hybridized carbons (Fsp3) is 0.188. The summed E-state index contributed by atoms with van der Waals surface area (Å²) in [6, 6.07) is 9.85. The number of rotatable bonds is 0. The molecule has 0 bridgehead atoms. The van der Waals surface area contributed by atoms with Crippen LogP contribution in [0.5, 0.6) is 5.75 Å². The van der Waals surface area contributed by atoms with Crippen LogP contribution < -0.4 is 0 Å². The molecule has 0 aliphatic carbocycles. The molecule has 0 saturated heterocycles. The van der Waals surface area contributed by atoms with Crippen LogP contribution in [0.3, 0.4) is 0 Å². The van der Waals surface area contributed by atoms with E-state index >= 15 is 0 Å². The molecule has 0 unspecified atom stereocenters. The monoisotopic (exact) mass is 237 g/mol. The van der Waals surface area contributed by atoms with E-state index in [1.54, 1.807) is 0 Å². The van der Waals surface area contributed by atoms with E-state index in [9.17, 15) is 5.11 Å². The number of hydrogen-bond acceptors (Lipinski definition) is 2. The highest BCUT2D eigenvalue weighted by Gasteiger charge is 2.12. The minimum Gasteiger partial charge on any atom is -0.507 e. The third-order valence-corrected chi connectivity index (χ3v) is 3.76. The van der Waals surface area contributed by atoms with Crippen molar-refractivity contribution < 1.29 is 5.11 Å². The molecular formula is C16H15NO. The van der Waals surface area contributed by atoms with Gasteiger partial charge in [0.1, 0.15) is 5.75 Å². The molecule has 3 rings (SSSR count). The number of pyridine rings is 1. The van der Waals surface area contributed by atoms with Crippen molar-refractivity contribution in [3.63, 3.8) is 0 Å². The predicted molar refractivity (Wildman–Crippen MR) is 75.1 cm³/mol. The van der Waals surface area contributed by atoms with Crippen LogP contribution in [0, 0.1) is 20.8 Å². The van der Waals surface area contributed by atoms with E-state index < -0.39 is 0 Å². The minimum atomic E-state index is 0.316. The van der Waals surface area contributed by atoms with Crippen molar-refractivity contribution >= 4 is 21.7 Å². The van der Waals surface area contributed by atoms with Gasteiger partial charge in [-0.1, -0.05) is 24.3 Å². The molecule has 3 aromatic rings. The Morgan fingerprint density at radius 1 is 1.00 bits per heavy atom. The number of nitrogens with zero attached hydrogens (tertiary/aromatic N) is 1. The molecule has 18 heavy (non-hydrogen) atoms. The zero-order valence-corrected chi connectivity index (χ0v) is 10.8. The summed E-state index contributed by atoms with van der Waals surface area (Å²) in [5, 5.41) is 13.2. The summed E-state index contributed by atoms with van der Waals surface area (Å²) >= 11 is 0. The highest BCUT2D eigenvalue weighted by molar-refractivity contribution is 6.09. The van der Waals surface area contributed by atoms with Crippen molar-refractivity contribution in [2.45, 2.75) is 20.8 Å². The van der Waals surface area contributed by atoms with E-state index in [0.29, 0.717) is 5.75 Å². The molecule has 2 aromatic carbocycles. The summed E-state index contributed by atoms with van der Waals surface area (Å²) in [6.07, 6.45) is 0. The quantitative estimate of drug-likeness (QED) is 0.599. The number of aryl methyl sites for hydroxylation is 2. The summed E-state index contributed by atoms with van der Waals surface area (Å²) < 4.78 is 0. The molecule has 0 radical (unpaired) electrons. The van der Waals surface area contributed by atoms with E-state index in [4.69, 9.17) is 0 Å². The van der Waals surface area contributed by atoms with E-state index in [0.717, 1.165) is 38.5 Å². The first-order valence-corrected chi connectivity index (χ1v) is 6.08. The molecule has 0 spiro atoms. The topological polar surface area (TPSA) is 33.1 Å². The fourth-order valence-electron chi connectivity index (χ4n) is 2.51. The molecule has 2 heteroatoms. The molecule has 1 heterocycles. The van der Waals surface area contributed by atoms with Gasteiger partial charge in [-0.3, -0.25) is 4.98 Å². The Morgan fingerprint density at radius 3 is 2.50 bits per heavy atom. The van der Waals surface area contributed by atoms with E-state index in [-0.39, 0.29) is 0 Å². The summed E-state index contributed by atoms with van der Waals surface area (Å²) in [7, 11) is 0. The molecule has 90 valence electrons. The van der Waals surface area contributed by atoms with Crippen LogP contribution in [0.2, 0.25) is 0 Å². The van der Waals surface area contributed by atoms with Crippen LogP contribution in [-0.2, 0) is 0 Å². The zero-order valence-electron chi connectivity index (χ0n) is 10.8. The van der Waals surface area contributed by atoms with Crippen molar-refractivity contribution in [1.29, 1.82) is 0 Å². The Labute approximate surface area is 106 Å². The molecule has 0 aliphatic rings. The van der Waals surface area contributed by atoms with E-state index in [1.165, 1.54) is 0 Å². The summed E-state index contributed by atoms with van der Waals surface area (Å²) in [6.45, 7) is 6.10. The SMILES string of the molecule is Cc1nc2c(c(O)cc3ccccc32)c(C)c1C. The number of aromatic nitrogens is 1. The van der Waals surface area contributed by atoms with Gasteiger partial charge in [0.2, 0.25) is 0 Å². The van der Waals surface area contributed by atoms with Crippen molar-refractivity contribution in [3.8, 4) is 5.75 Å². The Kier molecular flexibility index (Phi) is 2.27. The van der Waals surface area contributed by atoms with Gasteiger partial charge in [-0.15, -0.1) is 0 Å². The molecule has 0 atom stereocenters. The van der Waals surface area contributed by atoms with Crippen molar-refractivity contribution in [3.05, 3.63) is 47.2 Å². The Balaban J connectivity index is 2.65. The number of phenols is 1. The lowest BCUT2D eigenvalue weighted by Gasteiger charge is -2.12. The first-order valence-electron chi connectivity index (χ1n) is 6.08. The maximum atomic E-state index is 10.2. The van der Waals surface area contributed by atoms with Crippen LogP contribution >= 0.6 is 0 Å². The highest BCUT2D eigenvalue weighted by atomic mass is 16.3. The molecule has 1 N–H and O–H groups in total. The summed E-state index contributed by atoms with van der Waals surface area (Å²) in [5.41, 5.74) is 4.18. The number of aromatic hydroxyl groups is 1. The second-order valence-corrected chi connectivity index (χ2v) is 4.79. The van der Waals surface area contributed by atoms with Crippen LogP contribution in [0.4, 0.5) is 0 Å². The maximum Gasteiger partial charge on any atom is 0.125 e. The number of phenolic OH excluding ortho intramolecular Hbond substituents is 1. The largest absolute Gasteiger partial charge is 0.507 e. The lowest BCUT2D eigenvalue weighted by molar-refractivity contribution is 0.482. The Bertz CT molecular complexity index is 775. The predicted octanol–water partition coefficient (Wildman–Crippen LogP) is 4.02. The molecule has 0 aliphatic heterocycles. The average molecular weight is 237 g/mol. The van der Waals surface area contributed by atoms with Crippen molar-refractivity contribution in [2.75, 3.05) is 0 Å². The molecule has 2 nitrogen and oxygen atoms in total. The van der Waals surface area contributed by atoms with Crippen LogP contribution in [0.25, 0.3) is 21.7 Å². The second-order valence-electron chi connectivity index (χ2n) is 4.79. The van der Waals surface area contributed by atoms with E-state index in [2.05, 4.69) is 11.1 Å². The Morgan fingerprint density at radius 2 is 1.72 bits per heavy atom. The number of benzene rings is 2. The molecule has 0 amide bonds. The van der Waals surface area contributed by atoms with Gasteiger partial charge in [0.15, 0.2) is 0 Å². The van der Waals surface area contributed by atoms with Crippen molar-refractivity contribution in [1.82, 2.24) is 4.98 Å². The van der Waals surface area contributed by atoms with Gasteiger partial charge in [-0.05, 0) is 43.4 Å². The molecular weight excluding hydrogens is 222 g/mol. The molecule has 0 fully saturated rings. The van der Waals surface area contributed by atoms with Gasteiger partial charge in [0.25, 0.3) is 0 Å². The van der Waals surface area contributed by atoms with Gasteiger partial charge < -0.3 is 5.11 Å². The lowest BCUT2D eigenvalue weighted by Crippen LogP contribution is -1.94. The minimum absolute atomic E-state index is 0.316. The molecule has 1 aromatic heterocycles. The van der Waals surface area contributed by atoms with Gasteiger partial charge in [-0.2, -0.15) is 0 Å². The van der Waals surface area contributed by atoms with Crippen LogP contribution in [0.1, 0.15) is 16.8 Å². The lowest BCUT2D eigenvalue weighted by atomic mass is 9.98. The number of fused-ring (bicyclic) bond motifs is 3. The fourth-order valence-corrected chi connectivity index (χ4v) is 2.51. The number of hydrogen-bond donors (Lipinski definition) is 1. The summed E-state index contributed by atoms with van der Waals surface area (Å²) in [4.78, 5) is 4.66.